The monoisotopic (exact) mass is 462 g/mol. The third kappa shape index (κ3) is 4.90. The first-order valence-electron chi connectivity index (χ1n) is 11.3. The summed E-state index contributed by atoms with van der Waals surface area (Å²) in [6.07, 6.45) is 3.37. The number of fused-ring (bicyclic) bond motifs is 1. The van der Waals surface area contributed by atoms with Crippen LogP contribution in [0, 0.1) is 12.7 Å². The van der Waals surface area contributed by atoms with Gasteiger partial charge in [-0.2, -0.15) is 0 Å². The molecule has 2 aromatic heterocycles. The first-order chi connectivity index (χ1) is 16.4. The number of hydrogen-bond acceptors (Lipinski definition) is 5. The van der Waals surface area contributed by atoms with Crippen LogP contribution < -0.4 is 10.1 Å². The van der Waals surface area contributed by atoms with Crippen LogP contribution in [0.25, 0.3) is 0 Å². The molecule has 0 aliphatic carbocycles. The molecule has 7 nitrogen and oxygen atoms in total. The molecule has 4 rings (SSSR count). The van der Waals surface area contributed by atoms with Gasteiger partial charge in [0.2, 0.25) is 5.91 Å². The van der Waals surface area contributed by atoms with Gasteiger partial charge >= 0.3 is 0 Å². The summed E-state index contributed by atoms with van der Waals surface area (Å²) in [4.78, 5) is 35.8. The van der Waals surface area contributed by atoms with Crippen LogP contribution >= 0.6 is 0 Å². The number of ether oxygens (including phenoxy) is 1. The van der Waals surface area contributed by atoms with E-state index in [-0.39, 0.29) is 30.1 Å². The SMILES string of the molecule is CCNC(=O)Cc1nccc2c1CN(C(C)c1cc(C)c(OCc3ccc(F)cc3)cn1)C2=O. The highest BCUT2D eigenvalue weighted by Gasteiger charge is 2.34. The molecule has 176 valence electrons. The van der Waals surface area contributed by atoms with E-state index in [9.17, 15) is 14.0 Å². The van der Waals surface area contributed by atoms with Gasteiger partial charge in [0.25, 0.3) is 5.91 Å². The lowest BCUT2D eigenvalue weighted by Crippen LogP contribution is -2.28. The Kier molecular flexibility index (Phi) is 6.86. The van der Waals surface area contributed by atoms with E-state index in [4.69, 9.17) is 4.74 Å². The van der Waals surface area contributed by atoms with Gasteiger partial charge in [0.05, 0.1) is 30.0 Å². The topological polar surface area (TPSA) is 84.4 Å². The number of rotatable bonds is 8. The minimum Gasteiger partial charge on any atom is -0.487 e. The van der Waals surface area contributed by atoms with Gasteiger partial charge in [-0.3, -0.25) is 19.6 Å². The number of carbonyl (C=O) groups is 2. The fourth-order valence-electron chi connectivity index (χ4n) is 4.03. The Bertz CT molecular complexity index is 1210. The summed E-state index contributed by atoms with van der Waals surface area (Å²) in [5.41, 5.74) is 4.49. The summed E-state index contributed by atoms with van der Waals surface area (Å²) in [5, 5.41) is 2.77. The van der Waals surface area contributed by atoms with Crippen molar-refractivity contribution in [2.45, 2.75) is 46.4 Å². The van der Waals surface area contributed by atoms with Gasteiger partial charge in [-0.25, -0.2) is 4.39 Å². The van der Waals surface area contributed by atoms with Crippen molar-refractivity contribution in [2.24, 2.45) is 0 Å². The lowest BCUT2D eigenvalue weighted by Gasteiger charge is -2.24. The maximum absolute atomic E-state index is 13.1. The van der Waals surface area contributed by atoms with Crippen LogP contribution in [0.1, 0.15) is 58.3 Å². The largest absolute Gasteiger partial charge is 0.487 e. The minimum atomic E-state index is -0.286. The molecule has 0 fully saturated rings. The van der Waals surface area contributed by atoms with Gasteiger partial charge in [-0.05, 0) is 56.2 Å². The zero-order chi connectivity index (χ0) is 24.2. The molecular formula is C26H27FN4O3. The van der Waals surface area contributed by atoms with Gasteiger partial charge in [-0.15, -0.1) is 0 Å². The van der Waals surface area contributed by atoms with Crippen molar-refractivity contribution in [3.8, 4) is 5.75 Å². The van der Waals surface area contributed by atoms with E-state index < -0.39 is 0 Å². The third-order valence-corrected chi connectivity index (χ3v) is 5.95. The van der Waals surface area contributed by atoms with Crippen LogP contribution in [0.5, 0.6) is 5.75 Å². The maximum Gasteiger partial charge on any atom is 0.255 e. The number of likely N-dealkylation sites (N-methyl/N-ethyl adjacent to an activating group) is 1. The first kappa shape index (κ1) is 23.4. The highest BCUT2D eigenvalue weighted by atomic mass is 19.1. The molecule has 0 saturated carbocycles. The van der Waals surface area contributed by atoms with Gasteiger partial charge < -0.3 is 15.0 Å². The molecule has 1 atom stereocenters. The first-order valence-corrected chi connectivity index (χ1v) is 11.3. The summed E-state index contributed by atoms with van der Waals surface area (Å²) in [6, 6.07) is 9.50. The number of pyridine rings is 2. The number of aryl methyl sites for hydroxylation is 1. The van der Waals surface area contributed by atoms with E-state index >= 15 is 0 Å². The molecule has 1 unspecified atom stereocenters. The normalized spacial score (nSPS) is 13.5. The van der Waals surface area contributed by atoms with Crippen molar-refractivity contribution >= 4 is 11.8 Å². The molecule has 34 heavy (non-hydrogen) atoms. The number of halogens is 1. The fraction of sp³-hybridized carbons (Fsp3) is 0.308. The van der Waals surface area contributed by atoms with E-state index in [0.29, 0.717) is 36.7 Å². The lowest BCUT2D eigenvalue weighted by atomic mass is 10.1. The molecule has 8 heteroatoms. The summed E-state index contributed by atoms with van der Waals surface area (Å²) in [5.74, 6) is 0.129. The minimum absolute atomic E-state index is 0.0989. The third-order valence-electron chi connectivity index (χ3n) is 5.95. The molecule has 1 N–H and O–H groups in total. The molecule has 0 spiro atoms. The Labute approximate surface area is 198 Å². The average Bonchev–Trinajstić information content (AvgIpc) is 3.16. The Morgan fingerprint density at radius 1 is 1.24 bits per heavy atom. The highest BCUT2D eigenvalue weighted by Crippen LogP contribution is 2.33. The van der Waals surface area contributed by atoms with E-state index in [1.54, 1.807) is 35.5 Å². The van der Waals surface area contributed by atoms with Crippen molar-refractivity contribution in [1.82, 2.24) is 20.2 Å². The van der Waals surface area contributed by atoms with Gasteiger partial charge in [0, 0.05) is 30.4 Å². The molecule has 0 radical (unpaired) electrons. The molecule has 3 aromatic rings. The number of aromatic nitrogens is 2. The van der Waals surface area contributed by atoms with E-state index in [1.807, 2.05) is 26.8 Å². The van der Waals surface area contributed by atoms with Crippen LogP contribution in [-0.4, -0.2) is 33.2 Å². The second-order valence-corrected chi connectivity index (χ2v) is 8.31. The van der Waals surface area contributed by atoms with Crippen LogP contribution in [0.2, 0.25) is 0 Å². The summed E-state index contributed by atoms with van der Waals surface area (Å²) >= 11 is 0. The fourth-order valence-corrected chi connectivity index (χ4v) is 4.03. The van der Waals surface area contributed by atoms with E-state index in [1.165, 1.54) is 12.1 Å². The second kappa shape index (κ2) is 9.99. The molecule has 1 aliphatic heterocycles. The van der Waals surface area contributed by atoms with E-state index in [2.05, 4.69) is 15.3 Å². The molecule has 2 amide bonds. The second-order valence-electron chi connectivity index (χ2n) is 8.31. The number of amides is 2. The Hall–Kier alpha value is -3.81. The summed E-state index contributed by atoms with van der Waals surface area (Å²) < 4.78 is 18.9. The summed E-state index contributed by atoms with van der Waals surface area (Å²) in [6.45, 7) is 6.95. The average molecular weight is 463 g/mol. The number of benzene rings is 1. The smallest absolute Gasteiger partial charge is 0.255 e. The van der Waals surface area contributed by atoms with Crippen molar-refractivity contribution in [3.05, 3.63) is 88.3 Å². The predicted molar refractivity (Wildman–Crippen MR) is 125 cm³/mol. The van der Waals surface area contributed by atoms with Crippen LogP contribution in [-0.2, 0) is 24.4 Å². The maximum atomic E-state index is 13.1. The Balaban J connectivity index is 1.47. The highest BCUT2D eigenvalue weighted by molar-refractivity contribution is 5.99. The predicted octanol–water partition coefficient (Wildman–Crippen LogP) is 3.90. The molecule has 1 aliphatic rings. The molecule has 3 heterocycles. The van der Waals surface area contributed by atoms with Crippen LogP contribution in [0.4, 0.5) is 4.39 Å². The quantitative estimate of drug-likeness (QED) is 0.549. The van der Waals surface area contributed by atoms with E-state index in [0.717, 1.165) is 22.4 Å². The summed E-state index contributed by atoms with van der Waals surface area (Å²) in [7, 11) is 0. The Morgan fingerprint density at radius 3 is 2.71 bits per heavy atom. The van der Waals surface area contributed by atoms with Gasteiger partial charge in [0.1, 0.15) is 18.2 Å². The van der Waals surface area contributed by atoms with Crippen molar-refractivity contribution in [2.75, 3.05) is 6.54 Å². The van der Waals surface area contributed by atoms with Gasteiger partial charge in [0.15, 0.2) is 0 Å². The van der Waals surface area contributed by atoms with Crippen molar-refractivity contribution in [3.63, 3.8) is 0 Å². The number of carbonyl (C=O) groups excluding carboxylic acids is 2. The zero-order valence-corrected chi connectivity index (χ0v) is 19.5. The number of hydrogen-bond donors (Lipinski definition) is 1. The number of nitrogens with zero attached hydrogens (tertiary/aromatic N) is 3. The Morgan fingerprint density at radius 2 is 2.00 bits per heavy atom. The molecule has 1 aromatic carbocycles. The van der Waals surface area contributed by atoms with Gasteiger partial charge in [-0.1, -0.05) is 12.1 Å². The molecular weight excluding hydrogens is 435 g/mol. The van der Waals surface area contributed by atoms with Crippen LogP contribution in [0.15, 0.2) is 48.8 Å². The van der Waals surface area contributed by atoms with Crippen LogP contribution in [0.3, 0.4) is 0 Å². The molecule has 0 bridgehead atoms. The molecule has 0 saturated heterocycles. The number of nitrogens with one attached hydrogen (secondary N) is 1. The van der Waals surface area contributed by atoms with Crippen molar-refractivity contribution in [1.29, 1.82) is 0 Å². The lowest BCUT2D eigenvalue weighted by molar-refractivity contribution is -0.120. The standard InChI is InChI=1S/C26H27FN4O3/c1-4-28-25(32)12-23-21-14-31(26(33)20(21)9-10-29-23)17(3)22-11-16(2)24(13-30-22)34-15-18-5-7-19(27)8-6-18/h5-11,13,17H,4,12,14-15H2,1-3H3,(H,28,32). The van der Waals surface area contributed by atoms with Crippen molar-refractivity contribution < 1.29 is 18.7 Å². The zero-order valence-electron chi connectivity index (χ0n) is 19.5.